The Balaban J connectivity index is 0.00000341. The molecular formula is C23H32IN5OS. The zero-order chi connectivity index (χ0) is 21.3. The van der Waals surface area contributed by atoms with Crippen molar-refractivity contribution >= 4 is 41.3 Å². The molecule has 0 saturated carbocycles. The van der Waals surface area contributed by atoms with Crippen molar-refractivity contribution in [2.24, 2.45) is 4.99 Å². The van der Waals surface area contributed by atoms with Crippen molar-refractivity contribution in [1.29, 1.82) is 0 Å². The van der Waals surface area contributed by atoms with Gasteiger partial charge in [-0.2, -0.15) is 0 Å². The molecule has 0 aliphatic rings. The van der Waals surface area contributed by atoms with Gasteiger partial charge in [0.1, 0.15) is 5.76 Å². The van der Waals surface area contributed by atoms with Gasteiger partial charge in [-0.15, -0.1) is 35.3 Å². The molecule has 1 aromatic carbocycles. The fourth-order valence-corrected chi connectivity index (χ4v) is 3.91. The minimum absolute atomic E-state index is 0. The highest BCUT2D eigenvalue weighted by Crippen LogP contribution is 2.15. The van der Waals surface area contributed by atoms with Crippen LogP contribution in [0.2, 0.25) is 0 Å². The predicted octanol–water partition coefficient (Wildman–Crippen LogP) is 4.89. The van der Waals surface area contributed by atoms with Crippen molar-refractivity contribution < 1.29 is 4.42 Å². The first-order valence-electron chi connectivity index (χ1n) is 10.2. The van der Waals surface area contributed by atoms with E-state index in [1.54, 1.807) is 17.6 Å². The monoisotopic (exact) mass is 553 g/mol. The van der Waals surface area contributed by atoms with Gasteiger partial charge in [0.25, 0.3) is 0 Å². The molecule has 0 saturated heterocycles. The number of furan rings is 1. The van der Waals surface area contributed by atoms with Crippen LogP contribution >= 0.6 is 35.3 Å². The number of guanidine groups is 1. The molecule has 0 spiro atoms. The van der Waals surface area contributed by atoms with Gasteiger partial charge in [0.15, 0.2) is 5.96 Å². The molecule has 3 aromatic rings. The van der Waals surface area contributed by atoms with Gasteiger partial charge in [0.2, 0.25) is 0 Å². The fourth-order valence-electron chi connectivity index (χ4n) is 3.31. The average Bonchev–Trinajstić information content (AvgIpc) is 3.37. The van der Waals surface area contributed by atoms with Gasteiger partial charge in [-0.25, -0.2) is 9.98 Å². The maximum atomic E-state index is 5.47. The van der Waals surface area contributed by atoms with E-state index in [2.05, 4.69) is 70.8 Å². The molecule has 3 rings (SSSR count). The smallest absolute Gasteiger partial charge is 0.194 e. The number of hydrogen-bond acceptors (Lipinski definition) is 5. The lowest BCUT2D eigenvalue weighted by molar-refractivity contribution is 0.287. The quantitative estimate of drug-likeness (QED) is 0.232. The first kappa shape index (κ1) is 25.4. The molecule has 0 aliphatic heterocycles. The highest BCUT2D eigenvalue weighted by atomic mass is 127. The van der Waals surface area contributed by atoms with Crippen LogP contribution in [0, 0.1) is 6.92 Å². The summed E-state index contributed by atoms with van der Waals surface area (Å²) in [6.07, 6.45) is 1.72. The number of nitrogens with one attached hydrogen (secondary N) is 1. The molecule has 0 aliphatic carbocycles. The standard InChI is InChI=1S/C23H31N5OS.HI/c1-5-24-23(28(4)15-21-17-30-18(2)26-21)25-13-19-9-6-7-10-20(19)14-27(3)16-22-11-8-12-29-22;/h6-12,17H,5,13-16H2,1-4H3,(H,24,25);1H. The lowest BCUT2D eigenvalue weighted by Gasteiger charge is -2.22. The van der Waals surface area contributed by atoms with E-state index < -0.39 is 0 Å². The van der Waals surface area contributed by atoms with Crippen LogP contribution in [0.4, 0.5) is 0 Å². The van der Waals surface area contributed by atoms with Crippen LogP contribution in [0.25, 0.3) is 0 Å². The van der Waals surface area contributed by atoms with Crippen molar-refractivity contribution in [1.82, 2.24) is 20.1 Å². The van der Waals surface area contributed by atoms with E-state index in [4.69, 9.17) is 9.41 Å². The number of aryl methyl sites for hydroxylation is 1. The van der Waals surface area contributed by atoms with Crippen molar-refractivity contribution in [3.05, 3.63) is 75.6 Å². The summed E-state index contributed by atoms with van der Waals surface area (Å²) in [4.78, 5) is 13.9. The maximum Gasteiger partial charge on any atom is 0.194 e. The van der Waals surface area contributed by atoms with Crippen LogP contribution in [-0.4, -0.2) is 41.4 Å². The normalized spacial score (nSPS) is 11.5. The van der Waals surface area contributed by atoms with Gasteiger partial charge in [0, 0.05) is 25.5 Å². The Bertz CT molecular complexity index is 941. The van der Waals surface area contributed by atoms with E-state index in [0.717, 1.165) is 48.6 Å². The van der Waals surface area contributed by atoms with E-state index in [1.807, 2.05) is 19.1 Å². The Morgan fingerprint density at radius 2 is 1.87 bits per heavy atom. The minimum atomic E-state index is 0. The summed E-state index contributed by atoms with van der Waals surface area (Å²) in [5.41, 5.74) is 3.59. The molecule has 6 nitrogen and oxygen atoms in total. The molecule has 31 heavy (non-hydrogen) atoms. The van der Waals surface area contributed by atoms with Gasteiger partial charge in [0.05, 0.1) is 36.6 Å². The Kier molecular flexibility index (Phi) is 10.5. The molecule has 0 bridgehead atoms. The van der Waals surface area contributed by atoms with E-state index in [9.17, 15) is 0 Å². The van der Waals surface area contributed by atoms with Crippen molar-refractivity contribution in [2.45, 2.75) is 40.0 Å². The summed E-state index contributed by atoms with van der Waals surface area (Å²) < 4.78 is 5.47. The second-order valence-electron chi connectivity index (χ2n) is 7.40. The Hall–Kier alpha value is -1.91. The minimum Gasteiger partial charge on any atom is -0.468 e. The van der Waals surface area contributed by atoms with E-state index in [0.29, 0.717) is 6.54 Å². The van der Waals surface area contributed by atoms with Gasteiger partial charge in [-0.05, 0) is 44.2 Å². The number of benzene rings is 1. The zero-order valence-corrected chi connectivity index (χ0v) is 21.8. The van der Waals surface area contributed by atoms with Gasteiger partial charge < -0.3 is 14.6 Å². The third-order valence-corrected chi connectivity index (χ3v) is 5.55. The average molecular weight is 554 g/mol. The third kappa shape index (κ3) is 7.93. The Morgan fingerprint density at radius 1 is 1.10 bits per heavy atom. The van der Waals surface area contributed by atoms with Gasteiger partial charge >= 0.3 is 0 Å². The summed E-state index contributed by atoms with van der Waals surface area (Å²) in [5, 5.41) is 6.60. The molecule has 2 heterocycles. The second kappa shape index (κ2) is 12.8. The largest absolute Gasteiger partial charge is 0.468 e. The zero-order valence-electron chi connectivity index (χ0n) is 18.7. The molecule has 2 aromatic heterocycles. The number of hydrogen-bond donors (Lipinski definition) is 1. The maximum absolute atomic E-state index is 5.47. The van der Waals surface area contributed by atoms with E-state index >= 15 is 0 Å². The van der Waals surface area contributed by atoms with Gasteiger partial charge in [-0.1, -0.05) is 24.3 Å². The number of aromatic nitrogens is 1. The van der Waals surface area contributed by atoms with Crippen LogP contribution in [0.3, 0.4) is 0 Å². The summed E-state index contributed by atoms with van der Waals surface area (Å²) in [6.45, 7) is 7.95. The van der Waals surface area contributed by atoms with Crippen LogP contribution in [-0.2, 0) is 26.2 Å². The van der Waals surface area contributed by atoms with Crippen molar-refractivity contribution in [3.63, 3.8) is 0 Å². The summed E-state index contributed by atoms with van der Waals surface area (Å²) >= 11 is 1.68. The highest BCUT2D eigenvalue weighted by Gasteiger charge is 2.11. The van der Waals surface area contributed by atoms with Crippen LogP contribution < -0.4 is 5.32 Å². The van der Waals surface area contributed by atoms with Crippen LogP contribution in [0.5, 0.6) is 0 Å². The molecule has 0 atom stereocenters. The number of aliphatic imine (C=N–C) groups is 1. The first-order valence-corrected chi connectivity index (χ1v) is 11.1. The fraction of sp³-hybridized carbons (Fsp3) is 0.391. The Labute approximate surface area is 206 Å². The molecule has 0 amide bonds. The van der Waals surface area contributed by atoms with Crippen LogP contribution in [0.15, 0.2) is 57.5 Å². The molecule has 1 N–H and O–H groups in total. The van der Waals surface area contributed by atoms with E-state index in [1.165, 1.54) is 11.1 Å². The lowest BCUT2D eigenvalue weighted by atomic mass is 10.1. The molecular weight excluding hydrogens is 521 g/mol. The number of nitrogens with zero attached hydrogens (tertiary/aromatic N) is 4. The first-order chi connectivity index (χ1) is 14.5. The summed E-state index contributed by atoms with van der Waals surface area (Å²) in [5.74, 6) is 1.86. The lowest BCUT2D eigenvalue weighted by Crippen LogP contribution is -2.38. The topological polar surface area (TPSA) is 56.9 Å². The number of rotatable bonds is 9. The second-order valence-corrected chi connectivity index (χ2v) is 8.47. The van der Waals surface area contributed by atoms with Crippen molar-refractivity contribution in [3.8, 4) is 0 Å². The number of halogens is 1. The predicted molar refractivity (Wildman–Crippen MR) is 139 cm³/mol. The molecule has 0 radical (unpaired) electrons. The summed E-state index contributed by atoms with van der Waals surface area (Å²) in [6, 6.07) is 12.4. The summed E-state index contributed by atoms with van der Waals surface area (Å²) in [7, 11) is 4.16. The van der Waals surface area contributed by atoms with E-state index in [-0.39, 0.29) is 24.0 Å². The molecule has 168 valence electrons. The molecule has 0 fully saturated rings. The number of thiazole rings is 1. The van der Waals surface area contributed by atoms with Crippen molar-refractivity contribution in [2.75, 3.05) is 20.6 Å². The molecule has 0 unspecified atom stereocenters. The Morgan fingerprint density at radius 3 is 2.52 bits per heavy atom. The van der Waals surface area contributed by atoms with Gasteiger partial charge in [-0.3, -0.25) is 4.90 Å². The third-order valence-electron chi connectivity index (χ3n) is 4.73. The van der Waals surface area contributed by atoms with Crippen LogP contribution in [0.1, 0.15) is 34.5 Å². The molecule has 8 heteroatoms. The highest BCUT2D eigenvalue weighted by molar-refractivity contribution is 14.0. The SMILES string of the molecule is CCNC(=NCc1ccccc1CN(C)Cc1ccco1)N(C)Cc1csc(C)n1.I.